The van der Waals surface area contributed by atoms with E-state index < -0.39 is 10.0 Å². The van der Waals surface area contributed by atoms with Gasteiger partial charge in [0.15, 0.2) is 0 Å². The molecule has 0 saturated carbocycles. The third kappa shape index (κ3) is 4.84. The lowest BCUT2D eigenvalue weighted by atomic mass is 10.0. The molecule has 20 heavy (non-hydrogen) atoms. The smallest absolute Gasteiger partial charge is 0.212 e. The first-order valence-corrected chi connectivity index (χ1v) is 9.90. The number of piperidine rings is 1. The maximum atomic E-state index is 12.2. The van der Waals surface area contributed by atoms with Crippen LogP contribution in [0.4, 0.5) is 0 Å². The predicted molar refractivity (Wildman–Crippen MR) is 84.5 cm³/mol. The lowest BCUT2D eigenvalue weighted by Crippen LogP contribution is -2.37. The normalized spacial score (nSPS) is 21.8. The molecule has 6 heteroatoms. The third-order valence-corrected chi connectivity index (χ3v) is 6.17. The second kappa shape index (κ2) is 7.54. The van der Waals surface area contributed by atoms with Gasteiger partial charge in [0.2, 0.25) is 10.0 Å². The maximum absolute atomic E-state index is 12.2. The van der Waals surface area contributed by atoms with Gasteiger partial charge >= 0.3 is 0 Å². The zero-order chi connectivity index (χ0) is 14.4. The highest BCUT2D eigenvalue weighted by Crippen LogP contribution is 2.22. The zero-order valence-corrected chi connectivity index (χ0v) is 13.6. The molecular weight excluding hydrogens is 292 g/mol. The molecule has 2 unspecified atom stereocenters. The Morgan fingerprint density at radius 3 is 2.95 bits per heavy atom. The monoisotopic (exact) mass is 316 g/mol. The third-order valence-electron chi connectivity index (χ3n) is 3.76. The van der Waals surface area contributed by atoms with Gasteiger partial charge in [-0.15, -0.1) is 11.3 Å². The molecule has 114 valence electrons. The van der Waals surface area contributed by atoms with Crippen molar-refractivity contribution in [2.75, 3.05) is 12.3 Å². The van der Waals surface area contributed by atoms with Gasteiger partial charge in [0, 0.05) is 10.9 Å². The van der Waals surface area contributed by atoms with Gasteiger partial charge in [-0.1, -0.05) is 19.4 Å². The van der Waals surface area contributed by atoms with Crippen LogP contribution in [0.15, 0.2) is 17.5 Å². The van der Waals surface area contributed by atoms with Crippen LogP contribution in [-0.4, -0.2) is 26.8 Å². The van der Waals surface area contributed by atoms with Crippen molar-refractivity contribution >= 4 is 21.4 Å². The van der Waals surface area contributed by atoms with Gasteiger partial charge in [-0.25, -0.2) is 13.1 Å². The van der Waals surface area contributed by atoms with Crippen LogP contribution in [0.5, 0.6) is 0 Å². The molecule has 1 fully saturated rings. The summed E-state index contributed by atoms with van der Waals surface area (Å²) in [5.41, 5.74) is 0. The summed E-state index contributed by atoms with van der Waals surface area (Å²) in [4.78, 5) is 1.09. The fourth-order valence-corrected chi connectivity index (χ4v) is 4.95. The summed E-state index contributed by atoms with van der Waals surface area (Å²) in [5, 5.41) is 5.38. The molecule has 1 aliphatic heterocycles. The Bertz CT molecular complexity index is 479. The minimum atomic E-state index is -3.20. The van der Waals surface area contributed by atoms with Gasteiger partial charge in [-0.05, 0) is 43.7 Å². The lowest BCUT2D eigenvalue weighted by molar-refractivity contribution is 0.392. The molecule has 0 radical (unpaired) electrons. The molecule has 0 bridgehead atoms. The standard InChI is InChI=1S/C14H24N2O2S2/c1-2-13(14-7-5-10-19-14)16-20(17,18)11-8-12-6-3-4-9-15-12/h5,7,10,12-13,15-16H,2-4,6,8-9,11H2,1H3. The second-order valence-electron chi connectivity index (χ2n) is 5.35. The molecule has 1 aromatic heterocycles. The number of rotatable bonds is 7. The van der Waals surface area contributed by atoms with E-state index in [4.69, 9.17) is 0 Å². The summed E-state index contributed by atoms with van der Waals surface area (Å²) in [7, 11) is -3.20. The van der Waals surface area contributed by atoms with Crippen molar-refractivity contribution in [1.82, 2.24) is 10.0 Å². The van der Waals surface area contributed by atoms with E-state index >= 15 is 0 Å². The van der Waals surface area contributed by atoms with Crippen LogP contribution >= 0.6 is 11.3 Å². The van der Waals surface area contributed by atoms with Crippen LogP contribution in [0.25, 0.3) is 0 Å². The Labute approximate surface area is 126 Å². The molecule has 2 rings (SSSR count). The summed E-state index contributed by atoms with van der Waals surface area (Å²) in [6, 6.07) is 4.23. The summed E-state index contributed by atoms with van der Waals surface area (Å²) in [6.07, 6.45) is 4.99. The van der Waals surface area contributed by atoms with Gasteiger partial charge in [0.1, 0.15) is 0 Å². The largest absolute Gasteiger partial charge is 0.314 e. The molecule has 0 aliphatic carbocycles. The molecule has 4 nitrogen and oxygen atoms in total. The molecule has 2 atom stereocenters. The van der Waals surface area contributed by atoms with E-state index in [2.05, 4.69) is 10.0 Å². The number of thiophene rings is 1. The molecule has 0 aromatic carbocycles. The van der Waals surface area contributed by atoms with Crippen molar-refractivity contribution in [2.24, 2.45) is 0 Å². The van der Waals surface area contributed by atoms with Crippen LogP contribution in [-0.2, 0) is 10.0 Å². The molecule has 0 amide bonds. The van der Waals surface area contributed by atoms with Gasteiger partial charge < -0.3 is 5.32 Å². The Kier molecular flexibility index (Phi) is 6.01. The molecule has 1 aromatic rings. The van der Waals surface area contributed by atoms with Crippen molar-refractivity contribution in [3.63, 3.8) is 0 Å². The molecule has 1 aliphatic rings. The van der Waals surface area contributed by atoms with Gasteiger partial charge in [0.25, 0.3) is 0 Å². The van der Waals surface area contributed by atoms with Crippen molar-refractivity contribution < 1.29 is 8.42 Å². The highest BCUT2D eigenvalue weighted by Gasteiger charge is 2.21. The van der Waals surface area contributed by atoms with Crippen molar-refractivity contribution in [1.29, 1.82) is 0 Å². The van der Waals surface area contributed by atoms with E-state index in [0.717, 1.165) is 24.3 Å². The molecule has 1 saturated heterocycles. The number of hydrogen-bond acceptors (Lipinski definition) is 4. The quantitative estimate of drug-likeness (QED) is 0.813. The topological polar surface area (TPSA) is 58.2 Å². The molecule has 0 spiro atoms. The number of hydrogen-bond donors (Lipinski definition) is 2. The summed E-state index contributed by atoms with van der Waals surface area (Å²) in [6.45, 7) is 3.03. The number of nitrogens with one attached hydrogen (secondary N) is 2. The van der Waals surface area contributed by atoms with Crippen LogP contribution < -0.4 is 10.0 Å². The van der Waals surface area contributed by atoms with Crippen LogP contribution in [0.1, 0.15) is 49.9 Å². The fourth-order valence-electron chi connectivity index (χ4n) is 2.58. The minimum Gasteiger partial charge on any atom is -0.314 e. The minimum absolute atomic E-state index is 0.0840. The summed E-state index contributed by atoms with van der Waals surface area (Å²) in [5.74, 6) is 0.215. The summed E-state index contributed by atoms with van der Waals surface area (Å²) < 4.78 is 27.2. The van der Waals surface area contributed by atoms with Crippen molar-refractivity contribution in [3.05, 3.63) is 22.4 Å². The number of sulfonamides is 1. The second-order valence-corrected chi connectivity index (χ2v) is 8.20. The highest BCUT2D eigenvalue weighted by molar-refractivity contribution is 7.89. The fraction of sp³-hybridized carbons (Fsp3) is 0.714. The summed E-state index contributed by atoms with van der Waals surface area (Å²) >= 11 is 1.60. The zero-order valence-electron chi connectivity index (χ0n) is 12.0. The first-order chi connectivity index (χ1) is 9.61. The Hall–Kier alpha value is -0.430. The van der Waals surface area contributed by atoms with Gasteiger partial charge in [-0.2, -0.15) is 0 Å². The van der Waals surface area contributed by atoms with Crippen LogP contribution in [0, 0.1) is 0 Å². The molecule has 2 N–H and O–H groups in total. The highest BCUT2D eigenvalue weighted by atomic mass is 32.2. The predicted octanol–water partition coefficient (Wildman–Crippen LogP) is 2.65. The van der Waals surface area contributed by atoms with E-state index in [-0.39, 0.29) is 11.8 Å². The first-order valence-electron chi connectivity index (χ1n) is 7.37. The average Bonchev–Trinajstić information content (AvgIpc) is 2.98. The molecule has 2 heterocycles. The van der Waals surface area contributed by atoms with Crippen molar-refractivity contribution in [2.45, 2.75) is 51.1 Å². The van der Waals surface area contributed by atoms with Crippen LogP contribution in [0.2, 0.25) is 0 Å². The Balaban J connectivity index is 1.86. The van der Waals surface area contributed by atoms with E-state index in [1.807, 2.05) is 24.4 Å². The molecular formula is C14H24N2O2S2. The maximum Gasteiger partial charge on any atom is 0.212 e. The van der Waals surface area contributed by atoms with Gasteiger partial charge in [-0.3, -0.25) is 0 Å². The first kappa shape index (κ1) is 15.9. The van der Waals surface area contributed by atoms with Gasteiger partial charge in [0.05, 0.1) is 11.8 Å². The lowest BCUT2D eigenvalue weighted by Gasteiger charge is -2.23. The Morgan fingerprint density at radius 1 is 1.50 bits per heavy atom. The van der Waals surface area contributed by atoms with E-state index in [1.165, 1.54) is 12.8 Å². The van der Waals surface area contributed by atoms with Crippen LogP contribution in [0.3, 0.4) is 0 Å². The van der Waals surface area contributed by atoms with E-state index in [9.17, 15) is 8.42 Å². The SMILES string of the molecule is CCC(NS(=O)(=O)CCC1CCCCN1)c1cccs1. The van der Waals surface area contributed by atoms with E-state index in [1.54, 1.807) is 11.3 Å². The Morgan fingerprint density at radius 2 is 2.35 bits per heavy atom. The van der Waals surface area contributed by atoms with E-state index in [0.29, 0.717) is 12.5 Å². The van der Waals surface area contributed by atoms with Crippen molar-refractivity contribution in [3.8, 4) is 0 Å². The average molecular weight is 316 g/mol.